The molecule has 0 saturated heterocycles. The molecular formula is C11H27S3-. The van der Waals surface area contributed by atoms with Gasteiger partial charge >= 0.3 is 0 Å². The van der Waals surface area contributed by atoms with Crippen molar-refractivity contribution in [3.63, 3.8) is 0 Å². The van der Waals surface area contributed by atoms with E-state index in [-0.39, 0.29) is 34.4 Å². The molecule has 0 radical (unpaired) electrons. The molecule has 0 saturated carbocycles. The molecule has 0 amide bonds. The molecule has 0 atom stereocenters. The summed E-state index contributed by atoms with van der Waals surface area (Å²) in [6.45, 7) is 11.9. The summed E-state index contributed by atoms with van der Waals surface area (Å²) >= 11 is 1.67. The van der Waals surface area contributed by atoms with Gasteiger partial charge in [0.2, 0.25) is 0 Å². The molecule has 0 unspecified atom stereocenters. The number of rotatable bonds is 0. The van der Waals surface area contributed by atoms with Crippen LogP contribution in [-0.4, -0.2) is 0 Å². The van der Waals surface area contributed by atoms with Crippen LogP contribution >= 0.6 is 38.8 Å². The Morgan fingerprint density at radius 1 is 1.29 bits per heavy atom. The van der Waals surface area contributed by atoms with Gasteiger partial charge in [0.25, 0.3) is 0 Å². The number of hydrogen-bond donors (Lipinski definition) is 0. The molecule has 0 aliphatic carbocycles. The lowest BCUT2D eigenvalue weighted by atomic mass is 10.5. The molecule has 1 rings (SSSR count). The van der Waals surface area contributed by atoms with Crippen molar-refractivity contribution in [2.24, 2.45) is 0 Å². The molecule has 0 fully saturated rings. The van der Waals surface area contributed by atoms with Crippen molar-refractivity contribution in [3.8, 4) is 0 Å². The van der Waals surface area contributed by atoms with E-state index < -0.39 is 0 Å². The monoisotopic (exact) mass is 255 g/mol. The predicted octanol–water partition coefficient (Wildman–Crippen LogP) is 5.27. The molecule has 0 spiro atoms. The lowest BCUT2D eigenvalue weighted by Gasteiger charge is -1.90. The van der Waals surface area contributed by atoms with Crippen LogP contribution in [0.25, 0.3) is 0 Å². The van der Waals surface area contributed by atoms with E-state index >= 15 is 0 Å². The van der Waals surface area contributed by atoms with Crippen molar-refractivity contribution in [2.75, 3.05) is 0 Å². The Kier molecular flexibility index (Phi) is 61.0. The lowest BCUT2D eigenvalue weighted by molar-refractivity contribution is 1.09. The van der Waals surface area contributed by atoms with Crippen molar-refractivity contribution >= 4 is 38.8 Å². The molecule has 0 bridgehead atoms. The summed E-state index contributed by atoms with van der Waals surface area (Å²) in [6, 6.07) is 0. The molecule has 1 aliphatic rings. The molecule has 90 valence electrons. The van der Waals surface area contributed by atoms with Gasteiger partial charge in [-0.1, -0.05) is 46.4 Å². The molecule has 0 N–H and O–H groups in total. The van der Waals surface area contributed by atoms with Crippen LogP contribution in [0.3, 0.4) is 0 Å². The van der Waals surface area contributed by atoms with E-state index in [2.05, 4.69) is 20.4 Å². The maximum absolute atomic E-state index is 3.70. The third-order valence-electron chi connectivity index (χ3n) is 0.580. The summed E-state index contributed by atoms with van der Waals surface area (Å²) in [5, 5.41) is 0. The Bertz CT molecular complexity index is 109. The molecule has 0 aromatic heterocycles. The van der Waals surface area contributed by atoms with E-state index in [4.69, 9.17) is 0 Å². The first-order valence-electron chi connectivity index (χ1n) is 4.16. The van der Waals surface area contributed by atoms with E-state index in [0.29, 0.717) is 0 Å². The molecule has 3 heteroatoms. The van der Waals surface area contributed by atoms with Gasteiger partial charge in [0.05, 0.1) is 0 Å². The first kappa shape index (κ1) is 29.3. The van der Waals surface area contributed by atoms with Gasteiger partial charge in [-0.15, -0.1) is 6.58 Å². The van der Waals surface area contributed by atoms with Crippen LogP contribution in [0.2, 0.25) is 0 Å². The Balaban J connectivity index is -0.0000000305. The number of thioether (sulfide) groups is 1. The van der Waals surface area contributed by atoms with Crippen molar-refractivity contribution in [1.82, 2.24) is 0 Å². The summed E-state index contributed by atoms with van der Waals surface area (Å²) in [4.78, 5) is 1.13. The highest BCUT2D eigenvalue weighted by Gasteiger charge is 1.79. The summed E-state index contributed by atoms with van der Waals surface area (Å²) in [5.74, 6) is 2.02. The zero-order valence-corrected chi connectivity index (χ0v) is 11.9. The van der Waals surface area contributed by atoms with E-state index in [0.717, 1.165) is 4.91 Å². The van der Waals surface area contributed by atoms with Crippen LogP contribution in [0.4, 0.5) is 0 Å². The maximum Gasteiger partial charge on any atom is -0.0590 e. The number of hydrogen-bond acceptors (Lipinski definition) is 1. The standard InChI is InChI=1S/C5H5S.C3H8.C2H6.CH4.2H2S/c1-5-3-2-4-6-5;1-3-2;1-2;;;/h2-4H,1H2;3H2,1-2H3;1-2H3;1H4;2*1H2/q-1;;;;;. The fourth-order valence-electron chi connectivity index (χ4n) is 0.313. The molecule has 0 nitrogen and oxygen atoms in total. The zero-order chi connectivity index (χ0) is 9.11. The van der Waals surface area contributed by atoms with Crippen molar-refractivity contribution < 1.29 is 0 Å². The summed E-state index contributed by atoms with van der Waals surface area (Å²) in [7, 11) is 0. The Morgan fingerprint density at radius 3 is 1.71 bits per heavy atom. The van der Waals surface area contributed by atoms with E-state index in [9.17, 15) is 0 Å². The van der Waals surface area contributed by atoms with Crippen LogP contribution in [0.15, 0.2) is 23.6 Å². The van der Waals surface area contributed by atoms with E-state index in [1.54, 1.807) is 11.8 Å². The maximum atomic E-state index is 3.70. The van der Waals surface area contributed by atoms with Crippen molar-refractivity contribution in [2.45, 2.75) is 41.5 Å². The van der Waals surface area contributed by atoms with Crippen LogP contribution in [0.1, 0.15) is 41.5 Å². The molecule has 14 heavy (non-hydrogen) atoms. The second kappa shape index (κ2) is 29.2. The SMILES string of the molecule is C.C=C1C=C[CH-]S1.CC.CCC.S.S. The first-order chi connectivity index (χ1) is 5.31. The van der Waals surface area contributed by atoms with Gasteiger partial charge in [0.15, 0.2) is 0 Å². The topological polar surface area (TPSA) is 0 Å². The minimum Gasteiger partial charge on any atom is -0.220 e. The predicted molar refractivity (Wildman–Crippen MR) is 85.0 cm³/mol. The van der Waals surface area contributed by atoms with Crippen LogP contribution in [0.5, 0.6) is 0 Å². The second-order valence-corrected chi connectivity index (χ2v) is 2.82. The fraction of sp³-hybridized carbons (Fsp3) is 0.545. The Hall–Kier alpha value is 0.400. The molecule has 1 heterocycles. The number of allylic oxidation sites excluding steroid dienone is 1. The minimum absolute atomic E-state index is 0. The average Bonchev–Trinajstić information content (AvgIpc) is 2.46. The van der Waals surface area contributed by atoms with Crippen molar-refractivity contribution in [1.29, 1.82) is 0 Å². The van der Waals surface area contributed by atoms with Gasteiger partial charge in [-0.3, -0.25) is 0 Å². The quantitative estimate of drug-likeness (QED) is 0.531. The Morgan fingerprint density at radius 2 is 1.64 bits per heavy atom. The van der Waals surface area contributed by atoms with Crippen LogP contribution < -0.4 is 0 Å². The van der Waals surface area contributed by atoms with Gasteiger partial charge in [-0.2, -0.15) is 38.8 Å². The van der Waals surface area contributed by atoms with Gasteiger partial charge in [-0.05, 0) is 0 Å². The largest absolute Gasteiger partial charge is 0.220 e. The smallest absolute Gasteiger partial charge is 0.0590 e. The highest BCUT2D eigenvalue weighted by Crippen LogP contribution is 2.24. The average molecular weight is 256 g/mol. The lowest BCUT2D eigenvalue weighted by Crippen LogP contribution is -1.46. The van der Waals surface area contributed by atoms with E-state index in [1.165, 1.54) is 6.42 Å². The third-order valence-corrected chi connectivity index (χ3v) is 1.31. The molecule has 0 aromatic rings. The van der Waals surface area contributed by atoms with Gasteiger partial charge in [0.1, 0.15) is 0 Å². The summed E-state index contributed by atoms with van der Waals surface area (Å²) < 4.78 is 0. The second-order valence-electron chi connectivity index (χ2n) is 1.79. The molecular weight excluding hydrogens is 228 g/mol. The summed E-state index contributed by atoms with van der Waals surface area (Å²) in [6.07, 6.45) is 5.23. The van der Waals surface area contributed by atoms with Gasteiger partial charge in [0, 0.05) is 0 Å². The summed E-state index contributed by atoms with van der Waals surface area (Å²) in [5.41, 5.74) is 0. The zero-order valence-electron chi connectivity index (χ0n) is 9.05. The van der Waals surface area contributed by atoms with Crippen molar-refractivity contribution in [3.05, 3.63) is 29.4 Å². The molecule has 1 aliphatic heterocycles. The first-order valence-corrected chi connectivity index (χ1v) is 5.04. The normalized spacial score (nSPS) is 9.57. The fourth-order valence-corrected chi connectivity index (χ4v) is 0.802. The van der Waals surface area contributed by atoms with Gasteiger partial charge in [-0.25, -0.2) is 17.8 Å². The van der Waals surface area contributed by atoms with E-state index in [1.807, 2.05) is 31.8 Å². The van der Waals surface area contributed by atoms with Gasteiger partial charge < -0.3 is 0 Å². The molecule has 0 aromatic carbocycles. The minimum atomic E-state index is 0. The Labute approximate surface area is 110 Å². The van der Waals surface area contributed by atoms with Crippen LogP contribution in [-0.2, 0) is 0 Å². The highest BCUT2D eigenvalue weighted by atomic mass is 32.2. The third kappa shape index (κ3) is 29.4. The highest BCUT2D eigenvalue weighted by molar-refractivity contribution is 8.05. The van der Waals surface area contributed by atoms with Crippen LogP contribution in [0, 0.1) is 5.75 Å².